The third-order valence-corrected chi connectivity index (χ3v) is 5.73. The molecule has 140 valence electrons. The van der Waals surface area contributed by atoms with Crippen molar-refractivity contribution in [1.82, 2.24) is 0 Å². The number of fused-ring (bicyclic) bond motifs is 4. The van der Waals surface area contributed by atoms with E-state index in [1.165, 1.54) is 4.88 Å². The summed E-state index contributed by atoms with van der Waals surface area (Å²) in [5.41, 5.74) is 8.25. The molecule has 0 saturated carbocycles. The Kier molecular flexibility index (Phi) is 4.90. The minimum Gasteiger partial charge on any atom is -1.00 e. The Labute approximate surface area is 197 Å². The Hall–Kier alpha value is -2.93. The number of nitrogens with zero attached hydrogens (tertiary/aromatic N) is 4. The van der Waals surface area contributed by atoms with Gasteiger partial charge in [0, 0.05) is 10.5 Å². The quantitative estimate of drug-likeness (QED) is 0.578. The first-order chi connectivity index (χ1) is 14.3. The fourth-order valence-corrected chi connectivity index (χ4v) is 4.28. The van der Waals surface area contributed by atoms with Gasteiger partial charge in [-0.1, -0.05) is 6.07 Å². The maximum atomic E-state index is 4.86. The van der Waals surface area contributed by atoms with Crippen molar-refractivity contribution in [3.63, 3.8) is 0 Å². The van der Waals surface area contributed by atoms with Gasteiger partial charge < -0.3 is 2.85 Å². The normalized spacial score (nSPS) is 20.5. The van der Waals surface area contributed by atoms with E-state index in [1.807, 2.05) is 60.8 Å². The van der Waals surface area contributed by atoms with Crippen molar-refractivity contribution in [2.45, 2.75) is 0 Å². The molecule has 5 aliphatic rings. The van der Waals surface area contributed by atoms with E-state index < -0.39 is 0 Å². The van der Waals surface area contributed by atoms with Gasteiger partial charge in [-0.15, -0.1) is 11.3 Å². The average Bonchev–Trinajstić information content (AvgIpc) is 3.50. The van der Waals surface area contributed by atoms with Crippen LogP contribution in [0.5, 0.6) is 0 Å². The third-order valence-electron chi connectivity index (χ3n) is 4.83. The summed E-state index contributed by atoms with van der Waals surface area (Å²) in [7, 11) is 0. The van der Waals surface area contributed by atoms with E-state index in [0.717, 1.165) is 51.2 Å². The van der Waals surface area contributed by atoms with Crippen molar-refractivity contribution in [2.75, 3.05) is 0 Å². The molecular formula is C24H16MgN4S. The van der Waals surface area contributed by atoms with E-state index in [9.17, 15) is 0 Å². The van der Waals surface area contributed by atoms with Gasteiger partial charge in [-0.05, 0) is 78.3 Å². The third kappa shape index (κ3) is 3.65. The first-order valence-electron chi connectivity index (χ1n) is 9.30. The molecule has 0 aromatic carbocycles. The van der Waals surface area contributed by atoms with Crippen LogP contribution < -0.4 is 0 Å². The molecule has 6 heteroatoms. The minimum atomic E-state index is 0. The second-order valence-electron chi connectivity index (χ2n) is 6.92. The van der Waals surface area contributed by atoms with Crippen LogP contribution in [0.1, 0.15) is 7.73 Å². The van der Waals surface area contributed by atoms with Crippen LogP contribution in [0, 0.1) is 0 Å². The topological polar surface area (TPSA) is 49.4 Å². The predicted octanol–water partition coefficient (Wildman–Crippen LogP) is 5.01. The van der Waals surface area contributed by atoms with Crippen molar-refractivity contribution in [3.8, 4) is 0 Å². The van der Waals surface area contributed by atoms with Crippen LogP contribution in [0.15, 0.2) is 127 Å². The summed E-state index contributed by atoms with van der Waals surface area (Å²) in [6.45, 7) is 0. The molecule has 0 unspecified atom stereocenters. The van der Waals surface area contributed by atoms with Crippen LogP contribution in [0.3, 0.4) is 0 Å². The Morgan fingerprint density at radius 3 is 1.73 bits per heavy atom. The number of aliphatic imine (C=N–C) groups is 4. The zero-order valence-electron chi connectivity index (χ0n) is 18.0. The number of hydrogen-bond donors (Lipinski definition) is 0. The van der Waals surface area contributed by atoms with Crippen molar-refractivity contribution >= 4 is 62.8 Å². The SMILES string of the molecule is C1=CC2=NC1=CC1=NC(=CC3=NC(=CC4=NC(=C2)C=C4)C(c2cccs2)=C3)C=C1.[H-].[H-].[Mg+2]. The first-order valence-corrected chi connectivity index (χ1v) is 10.2. The molecule has 30 heavy (non-hydrogen) atoms. The Bertz CT molecular complexity index is 1330. The van der Waals surface area contributed by atoms with Gasteiger partial charge >= 0.3 is 23.1 Å². The Morgan fingerprint density at radius 2 is 1.17 bits per heavy atom. The van der Waals surface area contributed by atoms with Crippen LogP contribution >= 0.6 is 11.3 Å². The molecule has 0 saturated heterocycles. The predicted molar refractivity (Wildman–Crippen MR) is 130 cm³/mol. The summed E-state index contributed by atoms with van der Waals surface area (Å²) in [6, 6.07) is 4.18. The van der Waals surface area contributed by atoms with Gasteiger partial charge in [0.1, 0.15) is 0 Å². The largest absolute Gasteiger partial charge is 2.00 e. The second kappa shape index (κ2) is 7.72. The summed E-state index contributed by atoms with van der Waals surface area (Å²) in [4.78, 5) is 20.1. The van der Waals surface area contributed by atoms with Crippen LogP contribution in [-0.4, -0.2) is 45.9 Å². The van der Waals surface area contributed by atoms with Crippen molar-refractivity contribution in [2.24, 2.45) is 20.0 Å². The van der Waals surface area contributed by atoms with Crippen molar-refractivity contribution in [1.29, 1.82) is 0 Å². The fraction of sp³-hybridized carbons (Fsp3) is 0. The summed E-state index contributed by atoms with van der Waals surface area (Å²) in [5.74, 6) is 0. The zero-order chi connectivity index (χ0) is 19.2. The summed E-state index contributed by atoms with van der Waals surface area (Å²) in [6.07, 6.45) is 22.2. The van der Waals surface area contributed by atoms with Crippen LogP contribution in [0.2, 0.25) is 0 Å². The second-order valence-corrected chi connectivity index (χ2v) is 7.87. The molecule has 0 spiro atoms. The maximum Gasteiger partial charge on any atom is 2.00 e. The van der Waals surface area contributed by atoms with Crippen molar-refractivity contribution in [3.05, 3.63) is 112 Å². The number of hydrogen-bond acceptors (Lipinski definition) is 5. The maximum absolute atomic E-state index is 4.86. The molecule has 0 radical (unpaired) electrons. The molecule has 0 atom stereocenters. The van der Waals surface area contributed by atoms with E-state index >= 15 is 0 Å². The number of rotatable bonds is 1. The molecular weight excluding hydrogens is 401 g/mol. The standard InChI is InChI=1S/C24H14N4S.Mg.2H/c1-2-24(29-9-1)22-13-21-12-19-6-5-17(26-19)10-15-3-4-16(25-15)11-18-7-8-20(27-18)14-23(22)28-21;;;/h1-14H;;;/q;+2;2*-1. The van der Waals surface area contributed by atoms with Crippen LogP contribution in [0.25, 0.3) is 5.57 Å². The molecule has 0 amide bonds. The summed E-state index contributed by atoms with van der Waals surface area (Å²) in [5, 5.41) is 2.08. The van der Waals surface area contributed by atoms with Gasteiger partial charge in [0.05, 0.1) is 45.6 Å². The van der Waals surface area contributed by atoms with Gasteiger partial charge in [-0.2, -0.15) is 0 Å². The zero-order valence-corrected chi connectivity index (χ0v) is 18.2. The first kappa shape index (κ1) is 19.1. The van der Waals surface area contributed by atoms with Gasteiger partial charge in [-0.3, -0.25) is 0 Å². The van der Waals surface area contributed by atoms with Crippen LogP contribution in [0.4, 0.5) is 0 Å². The molecule has 0 aliphatic carbocycles. The van der Waals surface area contributed by atoms with Gasteiger partial charge in [-0.25, -0.2) is 20.0 Å². The molecule has 0 fully saturated rings. The van der Waals surface area contributed by atoms with Gasteiger partial charge in [0.15, 0.2) is 0 Å². The van der Waals surface area contributed by atoms with Crippen LogP contribution in [-0.2, 0) is 0 Å². The molecule has 5 aliphatic heterocycles. The Balaban J connectivity index is 0.000000963. The molecule has 8 bridgehead atoms. The minimum absolute atomic E-state index is 0. The average molecular weight is 417 g/mol. The van der Waals surface area contributed by atoms with E-state index in [2.05, 4.69) is 33.6 Å². The molecule has 1 aromatic rings. The number of allylic oxidation sites excluding steroid dienone is 12. The molecule has 6 heterocycles. The fourth-order valence-electron chi connectivity index (χ4n) is 3.53. The number of thiophene rings is 1. The molecule has 4 nitrogen and oxygen atoms in total. The van der Waals surface area contributed by atoms with Gasteiger partial charge in [0.2, 0.25) is 0 Å². The summed E-state index contributed by atoms with van der Waals surface area (Å²) >= 11 is 1.71. The Morgan fingerprint density at radius 1 is 0.600 bits per heavy atom. The molecule has 6 rings (SSSR count). The summed E-state index contributed by atoms with van der Waals surface area (Å²) < 4.78 is 0. The molecule has 1 aromatic heterocycles. The van der Waals surface area contributed by atoms with Gasteiger partial charge in [0.25, 0.3) is 0 Å². The van der Waals surface area contributed by atoms with E-state index in [1.54, 1.807) is 11.3 Å². The monoisotopic (exact) mass is 416 g/mol. The molecule has 0 N–H and O–H groups in total. The van der Waals surface area contributed by atoms with E-state index in [-0.39, 0.29) is 25.9 Å². The van der Waals surface area contributed by atoms with Crippen molar-refractivity contribution < 1.29 is 2.85 Å². The van der Waals surface area contributed by atoms with E-state index in [4.69, 9.17) is 9.98 Å². The van der Waals surface area contributed by atoms with E-state index in [0.29, 0.717) is 0 Å². The smallest absolute Gasteiger partial charge is 1.00 e.